The smallest absolute Gasteiger partial charge is 0.362 e. The maximum atomic E-state index is 12.6. The molecule has 1 heterocycles. The highest BCUT2D eigenvalue weighted by Gasteiger charge is 2.38. The first kappa shape index (κ1) is 9.62. The van der Waals surface area contributed by atoms with Gasteiger partial charge in [0, 0.05) is 11.4 Å². The topological polar surface area (TPSA) is 15.8 Å². The summed E-state index contributed by atoms with van der Waals surface area (Å²) in [6.07, 6.45) is -1.02. The van der Waals surface area contributed by atoms with Crippen molar-refractivity contribution in [3.63, 3.8) is 0 Å². The summed E-state index contributed by atoms with van der Waals surface area (Å²) in [7, 11) is 0. The van der Waals surface area contributed by atoms with Gasteiger partial charge in [-0.3, -0.25) is 0 Å². The van der Waals surface area contributed by atoms with Crippen LogP contribution in [0.4, 0.5) is 13.2 Å². The van der Waals surface area contributed by atoms with E-state index in [-0.39, 0.29) is 5.69 Å². The lowest BCUT2D eigenvalue weighted by Crippen LogP contribution is -2.11. The molecular weight excluding hydrogens is 191 g/mol. The summed E-state index contributed by atoms with van der Waals surface area (Å²) in [6, 6.07) is 0. The van der Waals surface area contributed by atoms with Crippen molar-refractivity contribution >= 4 is 0 Å². The summed E-state index contributed by atoms with van der Waals surface area (Å²) in [5.74, 6) is 0. The molecule has 1 N–H and O–H groups in total. The summed E-state index contributed by atoms with van der Waals surface area (Å²) in [5, 5.41) is 0. The maximum absolute atomic E-state index is 12.6. The minimum Gasteiger partial charge on any atom is -0.362 e. The number of alkyl halides is 3. The zero-order valence-corrected chi connectivity index (χ0v) is 7.96. The molecule has 4 heteroatoms. The molecule has 1 aromatic rings. The number of aromatic nitrogens is 1. The van der Waals surface area contributed by atoms with Crippen molar-refractivity contribution in [2.45, 2.75) is 38.8 Å². The second kappa shape index (κ2) is 3.04. The highest BCUT2D eigenvalue weighted by Crippen LogP contribution is 2.38. The highest BCUT2D eigenvalue weighted by atomic mass is 19.4. The van der Waals surface area contributed by atoms with Gasteiger partial charge in [0.15, 0.2) is 0 Å². The molecule has 0 fully saturated rings. The molecule has 0 saturated heterocycles. The predicted molar refractivity (Wildman–Crippen MR) is 47.2 cm³/mol. The van der Waals surface area contributed by atoms with E-state index in [1.165, 1.54) is 6.92 Å². The number of halogens is 3. The van der Waals surface area contributed by atoms with E-state index in [2.05, 4.69) is 4.98 Å². The number of H-pyrrole nitrogens is 1. The van der Waals surface area contributed by atoms with Gasteiger partial charge in [-0.15, -0.1) is 0 Å². The third-order valence-electron chi connectivity index (χ3n) is 2.77. The first-order valence-electron chi connectivity index (χ1n) is 4.77. The summed E-state index contributed by atoms with van der Waals surface area (Å²) < 4.78 is 37.9. The van der Waals surface area contributed by atoms with Crippen molar-refractivity contribution in [2.24, 2.45) is 0 Å². The summed E-state index contributed by atoms with van der Waals surface area (Å²) in [6.45, 7) is 1.50. The van der Waals surface area contributed by atoms with Crippen molar-refractivity contribution in [2.75, 3.05) is 0 Å². The Hall–Kier alpha value is -0.930. The van der Waals surface area contributed by atoms with E-state index in [0.29, 0.717) is 12.0 Å². The Kier molecular flexibility index (Phi) is 2.09. The Morgan fingerprint density at radius 2 is 1.79 bits per heavy atom. The quantitative estimate of drug-likeness (QED) is 0.666. The fraction of sp³-hybridized carbons (Fsp3) is 0.600. The Bertz CT molecular complexity index is 349. The second-order valence-corrected chi connectivity index (χ2v) is 3.79. The van der Waals surface area contributed by atoms with Gasteiger partial charge < -0.3 is 4.98 Å². The van der Waals surface area contributed by atoms with Crippen LogP contribution in [0.25, 0.3) is 0 Å². The van der Waals surface area contributed by atoms with Crippen LogP contribution in [0.15, 0.2) is 0 Å². The molecule has 1 aromatic heterocycles. The van der Waals surface area contributed by atoms with Crippen LogP contribution in [0.3, 0.4) is 0 Å². The Morgan fingerprint density at radius 3 is 2.43 bits per heavy atom. The molecule has 0 unspecified atom stereocenters. The third-order valence-corrected chi connectivity index (χ3v) is 2.77. The number of fused-ring (bicyclic) bond motifs is 1. The predicted octanol–water partition coefficient (Wildman–Crippen LogP) is 3.22. The fourth-order valence-corrected chi connectivity index (χ4v) is 2.22. The van der Waals surface area contributed by atoms with E-state index >= 15 is 0 Å². The van der Waals surface area contributed by atoms with Gasteiger partial charge >= 0.3 is 6.18 Å². The molecule has 1 aliphatic rings. The number of aryl methyl sites for hydroxylation is 2. The zero-order chi connectivity index (χ0) is 10.3. The Labute approximate surface area is 80.3 Å². The van der Waals surface area contributed by atoms with Crippen molar-refractivity contribution in [3.8, 4) is 0 Å². The molecule has 1 nitrogen and oxygen atoms in total. The molecule has 0 radical (unpaired) electrons. The molecule has 14 heavy (non-hydrogen) atoms. The molecule has 2 rings (SSSR count). The lowest BCUT2D eigenvalue weighted by atomic mass is 9.94. The Balaban J connectivity index is 2.53. The highest BCUT2D eigenvalue weighted by molar-refractivity contribution is 5.40. The van der Waals surface area contributed by atoms with Crippen LogP contribution in [-0.2, 0) is 19.0 Å². The average molecular weight is 203 g/mol. The molecule has 0 spiro atoms. The summed E-state index contributed by atoms with van der Waals surface area (Å²) >= 11 is 0. The molecule has 78 valence electrons. The van der Waals surface area contributed by atoms with Gasteiger partial charge in [0.2, 0.25) is 0 Å². The van der Waals surface area contributed by atoms with Crippen LogP contribution in [-0.4, -0.2) is 4.98 Å². The van der Waals surface area contributed by atoms with E-state index in [0.717, 1.165) is 25.0 Å². The van der Waals surface area contributed by atoms with E-state index < -0.39 is 11.7 Å². The standard InChI is InChI=1S/C10H12F3N/c1-6-9(10(11,12)13)7-4-2-3-5-8(7)14-6/h14H,2-5H2,1H3. The summed E-state index contributed by atoms with van der Waals surface area (Å²) in [5.41, 5.74) is 1.14. The maximum Gasteiger partial charge on any atom is 0.418 e. The van der Waals surface area contributed by atoms with Crippen LogP contribution in [0.5, 0.6) is 0 Å². The Morgan fingerprint density at radius 1 is 1.14 bits per heavy atom. The van der Waals surface area contributed by atoms with Crippen molar-refractivity contribution in [3.05, 3.63) is 22.5 Å². The summed E-state index contributed by atoms with van der Waals surface area (Å²) in [4.78, 5) is 2.85. The fourth-order valence-electron chi connectivity index (χ4n) is 2.22. The van der Waals surface area contributed by atoms with E-state index in [1.807, 2.05) is 0 Å². The van der Waals surface area contributed by atoms with Gasteiger partial charge in [0.05, 0.1) is 5.56 Å². The molecular formula is C10H12F3N. The van der Waals surface area contributed by atoms with Crippen LogP contribution in [0.2, 0.25) is 0 Å². The van der Waals surface area contributed by atoms with Crippen molar-refractivity contribution in [1.82, 2.24) is 4.98 Å². The zero-order valence-electron chi connectivity index (χ0n) is 7.96. The minimum absolute atomic E-state index is 0.268. The minimum atomic E-state index is -4.20. The molecule has 1 aliphatic carbocycles. The van der Waals surface area contributed by atoms with Crippen LogP contribution < -0.4 is 0 Å². The first-order valence-corrected chi connectivity index (χ1v) is 4.77. The molecule has 0 amide bonds. The van der Waals surface area contributed by atoms with Gasteiger partial charge in [-0.05, 0) is 38.2 Å². The molecule has 0 atom stereocenters. The lowest BCUT2D eigenvalue weighted by Gasteiger charge is -2.14. The monoisotopic (exact) mass is 203 g/mol. The first-order chi connectivity index (χ1) is 6.50. The van der Waals surface area contributed by atoms with E-state index in [4.69, 9.17) is 0 Å². The van der Waals surface area contributed by atoms with E-state index in [1.54, 1.807) is 0 Å². The van der Waals surface area contributed by atoms with Crippen LogP contribution in [0, 0.1) is 6.92 Å². The largest absolute Gasteiger partial charge is 0.418 e. The van der Waals surface area contributed by atoms with Gasteiger partial charge in [0.25, 0.3) is 0 Å². The molecule has 0 aliphatic heterocycles. The molecule has 0 saturated carbocycles. The van der Waals surface area contributed by atoms with Gasteiger partial charge in [0.1, 0.15) is 0 Å². The SMILES string of the molecule is Cc1[nH]c2c(c1C(F)(F)F)CCCC2. The van der Waals surface area contributed by atoms with E-state index in [9.17, 15) is 13.2 Å². The molecule has 0 aromatic carbocycles. The number of aromatic amines is 1. The van der Waals surface area contributed by atoms with Crippen molar-refractivity contribution < 1.29 is 13.2 Å². The van der Waals surface area contributed by atoms with Gasteiger partial charge in [-0.25, -0.2) is 0 Å². The second-order valence-electron chi connectivity index (χ2n) is 3.79. The third kappa shape index (κ3) is 1.42. The van der Waals surface area contributed by atoms with Gasteiger partial charge in [-0.1, -0.05) is 0 Å². The number of nitrogens with one attached hydrogen (secondary N) is 1. The molecule has 0 bridgehead atoms. The lowest BCUT2D eigenvalue weighted by molar-refractivity contribution is -0.138. The number of hydrogen-bond donors (Lipinski definition) is 1. The number of rotatable bonds is 0. The van der Waals surface area contributed by atoms with Crippen molar-refractivity contribution in [1.29, 1.82) is 0 Å². The normalized spacial score (nSPS) is 16.9. The van der Waals surface area contributed by atoms with Crippen LogP contribution in [0.1, 0.15) is 35.4 Å². The van der Waals surface area contributed by atoms with Crippen LogP contribution >= 0.6 is 0 Å². The average Bonchev–Trinajstić information content (AvgIpc) is 2.38. The van der Waals surface area contributed by atoms with Gasteiger partial charge in [-0.2, -0.15) is 13.2 Å². The number of hydrogen-bond acceptors (Lipinski definition) is 0.